The van der Waals surface area contributed by atoms with E-state index in [4.69, 9.17) is 20.9 Å². The summed E-state index contributed by atoms with van der Waals surface area (Å²) >= 11 is 0. The number of nitrogens with one attached hydrogen (secondary N) is 1. The highest BCUT2D eigenvalue weighted by molar-refractivity contribution is 4.87. The molecule has 0 amide bonds. The summed E-state index contributed by atoms with van der Waals surface area (Å²) in [5.74, 6) is 0. The molecule has 0 spiro atoms. The van der Waals surface area contributed by atoms with Gasteiger partial charge in [0.1, 0.15) is 0 Å². The highest BCUT2D eigenvalue weighted by Crippen LogP contribution is 2.11. The lowest BCUT2D eigenvalue weighted by Crippen LogP contribution is -2.50. The van der Waals surface area contributed by atoms with E-state index in [1.165, 1.54) is 0 Å². The average Bonchev–Trinajstić information content (AvgIpc) is 2.70. The van der Waals surface area contributed by atoms with Crippen molar-refractivity contribution in [2.45, 2.75) is 51.2 Å². The summed E-state index contributed by atoms with van der Waals surface area (Å²) in [6.45, 7) is 13.9. The molecule has 1 fully saturated rings. The molecule has 1 unspecified atom stereocenters. The van der Waals surface area contributed by atoms with Crippen LogP contribution in [-0.2, 0) is 9.47 Å². The van der Waals surface area contributed by atoms with Gasteiger partial charge in [0.25, 0.3) is 0 Å². The van der Waals surface area contributed by atoms with E-state index >= 15 is 0 Å². The fourth-order valence-corrected chi connectivity index (χ4v) is 2.25. The van der Waals surface area contributed by atoms with Gasteiger partial charge in [-0.05, 0) is 34.1 Å². The van der Waals surface area contributed by atoms with E-state index in [0.29, 0.717) is 19.8 Å². The van der Waals surface area contributed by atoms with Gasteiger partial charge in [0.2, 0.25) is 0 Å². The monoisotopic (exact) mass is 302 g/mol. The van der Waals surface area contributed by atoms with Crippen LogP contribution in [-0.4, -0.2) is 68.2 Å². The van der Waals surface area contributed by atoms with Crippen molar-refractivity contribution in [2.24, 2.45) is 11.5 Å². The molecule has 0 aromatic carbocycles. The van der Waals surface area contributed by atoms with Crippen molar-refractivity contribution in [3.8, 4) is 0 Å². The molecule has 0 aliphatic carbocycles. The molecule has 5 N–H and O–H groups in total. The Kier molecular flexibility index (Phi) is 7.53. The fourth-order valence-electron chi connectivity index (χ4n) is 2.25. The molecule has 1 heterocycles. The Bertz CT molecular complexity index is 292. The van der Waals surface area contributed by atoms with Crippen molar-refractivity contribution in [1.29, 1.82) is 0 Å². The number of nitrogens with two attached hydrogens (primary N) is 2. The molecule has 0 bridgehead atoms. The second-order valence-corrected chi connectivity index (χ2v) is 7.21. The molecule has 126 valence electrons. The smallest absolute Gasteiger partial charge is 0.0701 e. The van der Waals surface area contributed by atoms with E-state index in [2.05, 4.69) is 24.1 Å². The van der Waals surface area contributed by atoms with Crippen molar-refractivity contribution < 1.29 is 9.47 Å². The van der Waals surface area contributed by atoms with E-state index in [1.54, 1.807) is 0 Å². The topological polar surface area (TPSA) is 85.8 Å². The van der Waals surface area contributed by atoms with Crippen LogP contribution in [0.15, 0.2) is 0 Å². The Labute approximate surface area is 129 Å². The lowest BCUT2D eigenvalue weighted by atomic mass is 9.94. The summed E-state index contributed by atoms with van der Waals surface area (Å²) in [4.78, 5) is 2.36. The molecule has 0 aromatic rings. The van der Waals surface area contributed by atoms with Crippen LogP contribution in [0.3, 0.4) is 0 Å². The zero-order chi connectivity index (χ0) is 15.9. The number of rotatable bonds is 10. The van der Waals surface area contributed by atoms with Crippen molar-refractivity contribution in [3.05, 3.63) is 0 Å². The summed E-state index contributed by atoms with van der Waals surface area (Å²) in [6, 6.07) is -0.0376. The van der Waals surface area contributed by atoms with Gasteiger partial charge in [0.05, 0.1) is 19.8 Å². The molecular weight excluding hydrogens is 268 g/mol. The van der Waals surface area contributed by atoms with Gasteiger partial charge in [0.15, 0.2) is 0 Å². The maximum absolute atomic E-state index is 5.96. The number of hydrogen-bond acceptors (Lipinski definition) is 6. The van der Waals surface area contributed by atoms with E-state index in [1.807, 2.05) is 13.8 Å². The van der Waals surface area contributed by atoms with E-state index in [-0.39, 0.29) is 17.1 Å². The zero-order valence-electron chi connectivity index (χ0n) is 14.2. The summed E-state index contributed by atoms with van der Waals surface area (Å²) in [5, 5.41) is 3.46. The molecule has 1 aliphatic heterocycles. The first-order valence-corrected chi connectivity index (χ1v) is 7.88. The first kappa shape index (κ1) is 18.8. The van der Waals surface area contributed by atoms with Gasteiger partial charge >= 0.3 is 0 Å². The maximum Gasteiger partial charge on any atom is 0.0701 e. The molecule has 0 radical (unpaired) electrons. The molecule has 0 saturated carbocycles. The average molecular weight is 302 g/mol. The molecule has 1 saturated heterocycles. The van der Waals surface area contributed by atoms with Crippen LogP contribution in [0.2, 0.25) is 0 Å². The zero-order valence-corrected chi connectivity index (χ0v) is 14.2. The van der Waals surface area contributed by atoms with Crippen LogP contribution in [0, 0.1) is 0 Å². The van der Waals surface area contributed by atoms with E-state index in [0.717, 1.165) is 32.8 Å². The van der Waals surface area contributed by atoms with Gasteiger partial charge < -0.3 is 20.9 Å². The van der Waals surface area contributed by atoms with Gasteiger partial charge in [-0.3, -0.25) is 10.2 Å². The molecule has 6 nitrogen and oxygen atoms in total. The molecule has 1 atom stereocenters. The summed E-state index contributed by atoms with van der Waals surface area (Å²) < 4.78 is 11.1. The van der Waals surface area contributed by atoms with Crippen molar-refractivity contribution in [2.75, 3.05) is 46.2 Å². The Hall–Kier alpha value is -0.240. The van der Waals surface area contributed by atoms with Crippen LogP contribution in [0.5, 0.6) is 0 Å². The van der Waals surface area contributed by atoms with Gasteiger partial charge in [-0.1, -0.05) is 0 Å². The van der Waals surface area contributed by atoms with Gasteiger partial charge in [-0.15, -0.1) is 0 Å². The third-order valence-corrected chi connectivity index (χ3v) is 3.85. The second kappa shape index (κ2) is 8.41. The first-order chi connectivity index (χ1) is 9.71. The Morgan fingerprint density at radius 2 is 1.81 bits per heavy atom. The third kappa shape index (κ3) is 8.09. The van der Waals surface area contributed by atoms with Crippen LogP contribution in [0.1, 0.15) is 34.1 Å². The molecule has 21 heavy (non-hydrogen) atoms. The summed E-state index contributed by atoms with van der Waals surface area (Å²) in [5.41, 5.74) is 11.8. The largest absolute Gasteiger partial charge is 0.379 e. The maximum atomic E-state index is 5.96. The van der Waals surface area contributed by atoms with Crippen LogP contribution in [0.25, 0.3) is 0 Å². The number of nitrogens with zero attached hydrogens (tertiary/aromatic N) is 1. The fraction of sp³-hybridized carbons (Fsp3) is 1.00. The van der Waals surface area contributed by atoms with E-state index in [9.17, 15) is 0 Å². The highest BCUT2D eigenvalue weighted by Gasteiger charge is 2.27. The van der Waals surface area contributed by atoms with Crippen molar-refractivity contribution >= 4 is 0 Å². The Balaban J connectivity index is 1.89. The Morgan fingerprint density at radius 1 is 1.19 bits per heavy atom. The summed E-state index contributed by atoms with van der Waals surface area (Å²) in [7, 11) is 0. The van der Waals surface area contributed by atoms with Gasteiger partial charge in [-0.2, -0.15) is 0 Å². The Morgan fingerprint density at radius 3 is 2.33 bits per heavy atom. The minimum absolute atomic E-state index is 0.0376. The van der Waals surface area contributed by atoms with Crippen LogP contribution >= 0.6 is 0 Å². The molecule has 0 aromatic heterocycles. The van der Waals surface area contributed by atoms with Gasteiger partial charge in [-0.25, -0.2) is 0 Å². The molecule has 1 aliphatic rings. The molecule has 6 heteroatoms. The number of ether oxygens (including phenoxy) is 2. The predicted octanol–water partition coefficient (Wildman–Crippen LogP) is 0.116. The van der Waals surface area contributed by atoms with E-state index < -0.39 is 0 Å². The standard InChI is InChI=1S/C15H34N4O2/c1-14(2)11-19(12-18-14)6-8-21-10-9-20-7-5-13(16)15(3,4)17/h13,18H,5-12,16-17H2,1-4H3. The third-order valence-electron chi connectivity index (χ3n) is 3.85. The first-order valence-electron chi connectivity index (χ1n) is 7.88. The predicted molar refractivity (Wildman–Crippen MR) is 86.2 cm³/mol. The lowest BCUT2D eigenvalue weighted by molar-refractivity contribution is 0.0368. The van der Waals surface area contributed by atoms with Gasteiger partial charge in [0, 0.05) is 43.5 Å². The SMILES string of the molecule is CC1(C)CN(CCOCCOCCC(N)C(C)(C)N)CN1. The molecule has 1 rings (SSSR count). The van der Waals surface area contributed by atoms with Crippen LogP contribution in [0.4, 0.5) is 0 Å². The minimum atomic E-state index is -0.350. The normalized spacial score (nSPS) is 20.9. The minimum Gasteiger partial charge on any atom is -0.379 e. The second-order valence-electron chi connectivity index (χ2n) is 7.21. The van der Waals surface area contributed by atoms with Crippen molar-refractivity contribution in [1.82, 2.24) is 10.2 Å². The quantitative estimate of drug-likeness (QED) is 0.497. The van der Waals surface area contributed by atoms with Crippen molar-refractivity contribution in [3.63, 3.8) is 0 Å². The number of hydrogen-bond donors (Lipinski definition) is 3. The summed E-state index contributed by atoms with van der Waals surface area (Å²) in [6.07, 6.45) is 0.776. The molecular formula is C15H34N4O2. The highest BCUT2D eigenvalue weighted by atomic mass is 16.5. The van der Waals surface area contributed by atoms with Crippen LogP contribution < -0.4 is 16.8 Å². The lowest BCUT2D eigenvalue weighted by Gasteiger charge is -2.26.